The van der Waals surface area contributed by atoms with Gasteiger partial charge in [0.1, 0.15) is 0 Å². The Balaban J connectivity index is 2.33. The van der Waals surface area contributed by atoms with Gasteiger partial charge in [-0.2, -0.15) is 0 Å². The first-order valence-electron chi connectivity index (χ1n) is 6.43. The normalized spacial score (nSPS) is 13.1. The number of benzene rings is 1. The molecule has 0 aromatic heterocycles. The van der Waals surface area contributed by atoms with Gasteiger partial charge in [-0.25, -0.2) is 0 Å². The zero-order valence-corrected chi connectivity index (χ0v) is 11.9. The van der Waals surface area contributed by atoms with E-state index in [1.165, 1.54) is 16.7 Å². The summed E-state index contributed by atoms with van der Waals surface area (Å²) in [6.45, 7) is 8.72. The molecule has 0 spiro atoms. The Labute approximate surface area is 106 Å². The van der Waals surface area contributed by atoms with Crippen LogP contribution in [0, 0.1) is 13.8 Å². The zero-order chi connectivity index (χ0) is 12.8. The number of hydrogen-bond acceptors (Lipinski definition) is 2. The zero-order valence-electron chi connectivity index (χ0n) is 11.9. The van der Waals surface area contributed by atoms with E-state index in [9.17, 15) is 0 Å². The largest absolute Gasteiger partial charge is 0.313 e. The van der Waals surface area contributed by atoms with Crippen LogP contribution in [0.1, 0.15) is 23.6 Å². The van der Waals surface area contributed by atoms with Crippen LogP contribution in [0.5, 0.6) is 0 Å². The Morgan fingerprint density at radius 2 is 1.88 bits per heavy atom. The molecule has 0 bridgehead atoms. The molecule has 17 heavy (non-hydrogen) atoms. The molecule has 1 rings (SSSR count). The number of nitrogens with one attached hydrogen (secondary N) is 1. The minimum atomic E-state index is 0.552. The van der Waals surface area contributed by atoms with Crippen molar-refractivity contribution in [1.29, 1.82) is 0 Å². The maximum absolute atomic E-state index is 3.55. The van der Waals surface area contributed by atoms with Crippen molar-refractivity contribution in [2.24, 2.45) is 0 Å². The Bertz CT molecular complexity index is 345. The van der Waals surface area contributed by atoms with Gasteiger partial charge in [0.25, 0.3) is 0 Å². The molecule has 0 saturated heterocycles. The molecular formula is C15H26N2. The lowest BCUT2D eigenvalue weighted by Gasteiger charge is -2.18. The second kappa shape index (κ2) is 6.77. The lowest BCUT2D eigenvalue weighted by molar-refractivity contribution is 0.351. The summed E-state index contributed by atoms with van der Waals surface area (Å²) in [4.78, 5) is 2.22. The van der Waals surface area contributed by atoms with E-state index in [1.807, 2.05) is 0 Å². The summed E-state index contributed by atoms with van der Waals surface area (Å²) in [5.74, 6) is 0. The second-order valence-corrected chi connectivity index (χ2v) is 5.29. The third-order valence-corrected chi connectivity index (χ3v) is 3.12. The molecule has 2 heteroatoms. The molecule has 1 atom stereocenters. The topological polar surface area (TPSA) is 15.3 Å². The van der Waals surface area contributed by atoms with Crippen LogP contribution in [0.4, 0.5) is 0 Å². The molecule has 1 N–H and O–H groups in total. The van der Waals surface area contributed by atoms with Gasteiger partial charge in [0.15, 0.2) is 0 Å². The molecule has 1 unspecified atom stereocenters. The SMILES string of the molecule is Cc1ccc(CCNC(C)CN(C)C)cc1C. The molecular weight excluding hydrogens is 208 g/mol. The molecule has 0 heterocycles. The van der Waals surface area contributed by atoms with Crippen LogP contribution in [0.2, 0.25) is 0 Å². The molecule has 0 aliphatic rings. The van der Waals surface area contributed by atoms with Crippen molar-refractivity contribution in [3.05, 3.63) is 34.9 Å². The van der Waals surface area contributed by atoms with Gasteiger partial charge in [0.2, 0.25) is 0 Å². The minimum Gasteiger partial charge on any atom is -0.313 e. The van der Waals surface area contributed by atoms with Crippen molar-refractivity contribution >= 4 is 0 Å². The van der Waals surface area contributed by atoms with Crippen molar-refractivity contribution in [1.82, 2.24) is 10.2 Å². The summed E-state index contributed by atoms with van der Waals surface area (Å²) < 4.78 is 0. The van der Waals surface area contributed by atoms with Crippen LogP contribution in [0.25, 0.3) is 0 Å². The van der Waals surface area contributed by atoms with Crippen molar-refractivity contribution < 1.29 is 0 Å². The predicted octanol–water partition coefficient (Wildman–Crippen LogP) is 2.39. The van der Waals surface area contributed by atoms with Crippen LogP contribution < -0.4 is 5.32 Å². The molecule has 0 radical (unpaired) electrons. The van der Waals surface area contributed by atoms with Gasteiger partial charge in [0, 0.05) is 12.6 Å². The summed E-state index contributed by atoms with van der Waals surface area (Å²) in [5, 5.41) is 3.55. The quantitative estimate of drug-likeness (QED) is 0.813. The lowest BCUT2D eigenvalue weighted by Crippen LogP contribution is -2.36. The molecule has 2 nitrogen and oxygen atoms in total. The first-order chi connectivity index (χ1) is 7.99. The lowest BCUT2D eigenvalue weighted by atomic mass is 10.0. The van der Waals surface area contributed by atoms with Gasteiger partial charge in [0.05, 0.1) is 0 Å². The maximum Gasteiger partial charge on any atom is 0.0166 e. The molecule has 1 aromatic carbocycles. The van der Waals surface area contributed by atoms with E-state index in [-0.39, 0.29) is 0 Å². The molecule has 96 valence electrons. The van der Waals surface area contributed by atoms with E-state index in [4.69, 9.17) is 0 Å². The van der Waals surface area contributed by atoms with Crippen molar-refractivity contribution in [2.45, 2.75) is 33.2 Å². The predicted molar refractivity (Wildman–Crippen MR) is 75.6 cm³/mol. The Kier molecular flexibility index (Phi) is 5.66. The number of rotatable bonds is 6. The molecule has 0 amide bonds. The standard InChI is InChI=1S/C15H26N2/c1-12-6-7-15(10-13(12)2)8-9-16-14(3)11-17(4)5/h6-7,10,14,16H,8-9,11H2,1-5H3. The summed E-state index contributed by atoms with van der Waals surface area (Å²) in [6.07, 6.45) is 1.11. The fraction of sp³-hybridized carbons (Fsp3) is 0.600. The van der Waals surface area contributed by atoms with Gasteiger partial charge in [-0.3, -0.25) is 0 Å². The van der Waals surface area contributed by atoms with Gasteiger partial charge < -0.3 is 10.2 Å². The van der Waals surface area contributed by atoms with Crippen LogP contribution in [0.15, 0.2) is 18.2 Å². The van der Waals surface area contributed by atoms with Gasteiger partial charge >= 0.3 is 0 Å². The summed E-state index contributed by atoms with van der Waals surface area (Å²) in [7, 11) is 4.23. The molecule has 0 aliphatic heterocycles. The fourth-order valence-electron chi connectivity index (χ4n) is 2.03. The van der Waals surface area contributed by atoms with Crippen LogP contribution in [-0.2, 0) is 6.42 Å². The summed E-state index contributed by atoms with van der Waals surface area (Å²) in [5.41, 5.74) is 4.20. The average Bonchev–Trinajstić information content (AvgIpc) is 2.22. The Morgan fingerprint density at radius 1 is 1.18 bits per heavy atom. The highest BCUT2D eigenvalue weighted by molar-refractivity contribution is 5.30. The number of aryl methyl sites for hydroxylation is 2. The average molecular weight is 234 g/mol. The van der Waals surface area contributed by atoms with E-state index in [0.717, 1.165) is 19.5 Å². The first kappa shape index (κ1) is 14.2. The smallest absolute Gasteiger partial charge is 0.0166 e. The number of hydrogen-bond donors (Lipinski definition) is 1. The Hall–Kier alpha value is -0.860. The first-order valence-corrected chi connectivity index (χ1v) is 6.43. The number of nitrogens with zero attached hydrogens (tertiary/aromatic N) is 1. The van der Waals surface area contributed by atoms with Crippen molar-refractivity contribution in [3.63, 3.8) is 0 Å². The third-order valence-electron chi connectivity index (χ3n) is 3.12. The summed E-state index contributed by atoms with van der Waals surface area (Å²) in [6, 6.07) is 7.30. The van der Waals surface area contributed by atoms with Crippen LogP contribution in [0.3, 0.4) is 0 Å². The fourth-order valence-corrected chi connectivity index (χ4v) is 2.03. The van der Waals surface area contributed by atoms with Gasteiger partial charge in [-0.15, -0.1) is 0 Å². The molecule has 0 aliphatic carbocycles. The van der Waals surface area contributed by atoms with E-state index in [1.54, 1.807) is 0 Å². The van der Waals surface area contributed by atoms with Crippen LogP contribution >= 0.6 is 0 Å². The van der Waals surface area contributed by atoms with Gasteiger partial charge in [-0.1, -0.05) is 18.2 Å². The van der Waals surface area contributed by atoms with Crippen molar-refractivity contribution in [3.8, 4) is 0 Å². The van der Waals surface area contributed by atoms with E-state index < -0.39 is 0 Å². The highest BCUT2D eigenvalue weighted by atomic mass is 15.1. The van der Waals surface area contributed by atoms with Gasteiger partial charge in [-0.05, 0) is 64.5 Å². The third kappa shape index (κ3) is 5.33. The Morgan fingerprint density at radius 3 is 2.47 bits per heavy atom. The van der Waals surface area contributed by atoms with E-state index in [2.05, 4.69) is 63.3 Å². The van der Waals surface area contributed by atoms with E-state index in [0.29, 0.717) is 6.04 Å². The minimum absolute atomic E-state index is 0.552. The molecule has 1 aromatic rings. The monoisotopic (exact) mass is 234 g/mol. The van der Waals surface area contributed by atoms with Crippen LogP contribution in [-0.4, -0.2) is 38.1 Å². The second-order valence-electron chi connectivity index (χ2n) is 5.29. The number of likely N-dealkylation sites (N-methyl/N-ethyl adjacent to an activating group) is 1. The molecule has 0 fully saturated rings. The highest BCUT2D eigenvalue weighted by Crippen LogP contribution is 2.09. The van der Waals surface area contributed by atoms with E-state index >= 15 is 0 Å². The molecule has 0 saturated carbocycles. The highest BCUT2D eigenvalue weighted by Gasteiger charge is 2.02. The summed E-state index contributed by atoms with van der Waals surface area (Å²) >= 11 is 0. The van der Waals surface area contributed by atoms with Crippen molar-refractivity contribution in [2.75, 3.05) is 27.2 Å². The maximum atomic E-state index is 3.55.